The molecular formula is C11H10N2OS2. The van der Waals surface area contributed by atoms with Crippen LogP contribution in [0.4, 0.5) is 0 Å². The first-order valence-corrected chi connectivity index (χ1v) is 6.33. The first-order valence-electron chi connectivity index (χ1n) is 4.74. The van der Waals surface area contributed by atoms with Crippen molar-refractivity contribution in [2.45, 2.75) is 23.1 Å². The van der Waals surface area contributed by atoms with Crippen LogP contribution in [0, 0.1) is 6.92 Å². The SMILES string of the molecule is CC(=O)c1ccc(Sc2nc(C)ns2)cc1. The zero-order valence-electron chi connectivity index (χ0n) is 8.93. The van der Waals surface area contributed by atoms with Crippen LogP contribution < -0.4 is 0 Å². The van der Waals surface area contributed by atoms with Gasteiger partial charge in [-0.3, -0.25) is 4.79 Å². The average Bonchev–Trinajstić information content (AvgIpc) is 2.65. The Hall–Kier alpha value is -1.20. The van der Waals surface area contributed by atoms with Gasteiger partial charge >= 0.3 is 0 Å². The van der Waals surface area contributed by atoms with E-state index in [1.165, 1.54) is 11.5 Å². The minimum Gasteiger partial charge on any atom is -0.295 e. The molecule has 0 amide bonds. The van der Waals surface area contributed by atoms with Crippen LogP contribution in [-0.2, 0) is 0 Å². The van der Waals surface area contributed by atoms with Gasteiger partial charge in [0.25, 0.3) is 0 Å². The summed E-state index contributed by atoms with van der Waals surface area (Å²) in [6.07, 6.45) is 0. The van der Waals surface area contributed by atoms with Crippen LogP contribution in [-0.4, -0.2) is 15.1 Å². The van der Waals surface area contributed by atoms with Crippen LogP contribution in [0.15, 0.2) is 33.5 Å². The Morgan fingerprint density at radius 3 is 2.50 bits per heavy atom. The zero-order chi connectivity index (χ0) is 11.5. The molecule has 2 rings (SSSR count). The van der Waals surface area contributed by atoms with Crippen molar-refractivity contribution in [2.75, 3.05) is 0 Å². The molecule has 5 heteroatoms. The van der Waals surface area contributed by atoms with Crippen molar-refractivity contribution in [3.63, 3.8) is 0 Å². The van der Waals surface area contributed by atoms with E-state index in [4.69, 9.17) is 0 Å². The number of nitrogens with zero attached hydrogens (tertiary/aromatic N) is 2. The van der Waals surface area contributed by atoms with Gasteiger partial charge in [0.2, 0.25) is 0 Å². The first-order chi connectivity index (χ1) is 7.65. The topological polar surface area (TPSA) is 42.9 Å². The molecule has 0 saturated heterocycles. The van der Waals surface area contributed by atoms with Crippen LogP contribution in [0.3, 0.4) is 0 Å². The van der Waals surface area contributed by atoms with E-state index in [0.29, 0.717) is 0 Å². The fraction of sp³-hybridized carbons (Fsp3) is 0.182. The fourth-order valence-corrected chi connectivity index (χ4v) is 2.80. The molecule has 0 spiro atoms. The summed E-state index contributed by atoms with van der Waals surface area (Å²) in [4.78, 5) is 16.4. The Morgan fingerprint density at radius 1 is 1.31 bits per heavy atom. The lowest BCUT2D eigenvalue weighted by molar-refractivity contribution is 0.101. The highest BCUT2D eigenvalue weighted by Gasteiger charge is 2.04. The molecule has 0 atom stereocenters. The summed E-state index contributed by atoms with van der Waals surface area (Å²) in [6, 6.07) is 7.52. The van der Waals surface area contributed by atoms with Crippen LogP contribution in [0.5, 0.6) is 0 Å². The fourth-order valence-electron chi connectivity index (χ4n) is 1.18. The van der Waals surface area contributed by atoms with E-state index in [0.717, 1.165) is 20.6 Å². The van der Waals surface area contributed by atoms with Gasteiger partial charge in [0.1, 0.15) is 5.82 Å². The number of aryl methyl sites for hydroxylation is 1. The van der Waals surface area contributed by atoms with Crippen molar-refractivity contribution in [1.29, 1.82) is 0 Å². The lowest BCUT2D eigenvalue weighted by Crippen LogP contribution is -1.90. The molecule has 1 aromatic carbocycles. The number of Topliss-reactive ketones (excluding diaryl/α,β-unsaturated/α-hetero) is 1. The van der Waals surface area contributed by atoms with Crippen molar-refractivity contribution in [3.8, 4) is 0 Å². The van der Waals surface area contributed by atoms with Crippen molar-refractivity contribution >= 4 is 29.1 Å². The van der Waals surface area contributed by atoms with Crippen molar-refractivity contribution in [1.82, 2.24) is 9.36 Å². The van der Waals surface area contributed by atoms with E-state index in [1.807, 2.05) is 31.2 Å². The maximum Gasteiger partial charge on any atom is 0.174 e. The molecule has 0 radical (unpaired) electrons. The third-order valence-electron chi connectivity index (χ3n) is 1.97. The quantitative estimate of drug-likeness (QED) is 0.785. The number of hydrogen-bond acceptors (Lipinski definition) is 5. The smallest absolute Gasteiger partial charge is 0.174 e. The summed E-state index contributed by atoms with van der Waals surface area (Å²) in [6.45, 7) is 3.44. The Balaban J connectivity index is 2.14. The van der Waals surface area contributed by atoms with Crippen LogP contribution in [0.1, 0.15) is 23.1 Å². The minimum absolute atomic E-state index is 0.0864. The molecule has 2 aromatic rings. The number of benzene rings is 1. The third kappa shape index (κ3) is 2.68. The molecular weight excluding hydrogens is 240 g/mol. The van der Waals surface area contributed by atoms with Gasteiger partial charge in [0.05, 0.1) is 0 Å². The predicted molar refractivity (Wildman–Crippen MR) is 65.2 cm³/mol. The molecule has 0 bridgehead atoms. The molecule has 0 aliphatic rings. The predicted octanol–water partition coefficient (Wildman–Crippen LogP) is 3.20. The maximum absolute atomic E-state index is 11.1. The molecule has 0 aliphatic carbocycles. The summed E-state index contributed by atoms with van der Waals surface area (Å²) >= 11 is 2.95. The lowest BCUT2D eigenvalue weighted by atomic mass is 10.2. The van der Waals surface area contributed by atoms with Gasteiger partial charge in [0, 0.05) is 10.5 Å². The molecule has 1 aromatic heterocycles. The monoisotopic (exact) mass is 250 g/mol. The minimum atomic E-state index is 0.0864. The van der Waals surface area contributed by atoms with Gasteiger partial charge in [-0.2, -0.15) is 4.37 Å². The number of aromatic nitrogens is 2. The van der Waals surface area contributed by atoms with Crippen molar-refractivity contribution < 1.29 is 4.79 Å². The van der Waals surface area contributed by atoms with E-state index in [-0.39, 0.29) is 5.78 Å². The van der Waals surface area contributed by atoms with Crippen molar-refractivity contribution in [2.24, 2.45) is 0 Å². The largest absolute Gasteiger partial charge is 0.295 e. The molecule has 0 unspecified atom stereocenters. The third-order valence-corrected chi connectivity index (χ3v) is 3.83. The molecule has 16 heavy (non-hydrogen) atoms. The summed E-state index contributed by atoms with van der Waals surface area (Å²) in [5.41, 5.74) is 0.734. The molecule has 0 saturated carbocycles. The van der Waals surface area contributed by atoms with Gasteiger partial charge in [-0.05, 0) is 37.5 Å². The van der Waals surface area contributed by atoms with Gasteiger partial charge in [0.15, 0.2) is 10.1 Å². The number of carbonyl (C=O) groups is 1. The van der Waals surface area contributed by atoms with E-state index >= 15 is 0 Å². The highest BCUT2D eigenvalue weighted by molar-refractivity contribution is 8.01. The zero-order valence-corrected chi connectivity index (χ0v) is 10.6. The maximum atomic E-state index is 11.1. The van der Waals surface area contributed by atoms with Gasteiger partial charge in [-0.1, -0.05) is 23.9 Å². The van der Waals surface area contributed by atoms with Gasteiger partial charge in [-0.25, -0.2) is 4.98 Å². The Morgan fingerprint density at radius 2 is 2.00 bits per heavy atom. The second-order valence-corrected chi connectivity index (χ2v) is 5.36. The van der Waals surface area contributed by atoms with Crippen molar-refractivity contribution in [3.05, 3.63) is 35.7 Å². The second kappa shape index (κ2) is 4.76. The van der Waals surface area contributed by atoms with Gasteiger partial charge < -0.3 is 0 Å². The Kier molecular flexibility index (Phi) is 3.36. The van der Waals surface area contributed by atoms with E-state index in [9.17, 15) is 4.79 Å². The lowest BCUT2D eigenvalue weighted by Gasteiger charge is -1.98. The highest BCUT2D eigenvalue weighted by atomic mass is 32.2. The van der Waals surface area contributed by atoms with E-state index < -0.39 is 0 Å². The van der Waals surface area contributed by atoms with E-state index in [1.54, 1.807) is 18.7 Å². The Labute approximate surface area is 102 Å². The molecule has 1 heterocycles. The summed E-state index contributed by atoms with van der Waals surface area (Å²) in [5.74, 6) is 0.885. The second-order valence-electron chi connectivity index (χ2n) is 3.29. The number of ketones is 1. The average molecular weight is 250 g/mol. The van der Waals surface area contributed by atoms with Crippen LogP contribution >= 0.6 is 23.3 Å². The number of carbonyl (C=O) groups excluding carboxylic acids is 1. The Bertz CT molecular complexity index is 505. The molecule has 0 N–H and O–H groups in total. The first kappa shape index (κ1) is 11.3. The van der Waals surface area contributed by atoms with Gasteiger partial charge in [-0.15, -0.1) is 0 Å². The number of rotatable bonds is 3. The molecule has 82 valence electrons. The van der Waals surface area contributed by atoms with E-state index in [2.05, 4.69) is 9.36 Å². The molecule has 0 aliphatic heterocycles. The standard InChI is InChI=1S/C11H10N2OS2/c1-7(14)9-3-5-10(6-4-9)15-11-12-8(2)13-16-11/h3-6H,1-2H3. The highest BCUT2D eigenvalue weighted by Crippen LogP contribution is 2.28. The summed E-state index contributed by atoms with van der Waals surface area (Å²) in [5, 5.41) is 0. The van der Waals surface area contributed by atoms with Crippen LogP contribution in [0.25, 0.3) is 0 Å². The molecule has 0 fully saturated rings. The normalized spacial score (nSPS) is 10.4. The summed E-state index contributed by atoms with van der Waals surface area (Å²) in [7, 11) is 0. The number of hydrogen-bond donors (Lipinski definition) is 0. The summed E-state index contributed by atoms with van der Waals surface area (Å²) < 4.78 is 5.04. The van der Waals surface area contributed by atoms with Crippen LogP contribution in [0.2, 0.25) is 0 Å². The molecule has 3 nitrogen and oxygen atoms in total.